The lowest BCUT2D eigenvalue weighted by molar-refractivity contribution is -0.210. The summed E-state index contributed by atoms with van der Waals surface area (Å²) in [6.07, 6.45) is 10.6. The molecule has 5 aliphatic carbocycles. The predicted octanol–water partition coefficient (Wildman–Crippen LogP) is 9.69. The Morgan fingerprint density at radius 1 is 0.830 bits per heavy atom. The van der Waals surface area contributed by atoms with Gasteiger partial charge >= 0.3 is 5.97 Å². The van der Waals surface area contributed by atoms with Crippen molar-refractivity contribution < 1.29 is 19.1 Å². The summed E-state index contributed by atoms with van der Waals surface area (Å²) in [5, 5.41) is 5.53. The quantitative estimate of drug-likeness (QED) is 0.340. The van der Waals surface area contributed by atoms with Gasteiger partial charge in [-0.1, -0.05) is 90.4 Å². The topological polar surface area (TPSA) is 72.5 Å². The molecule has 5 heteroatoms. The summed E-state index contributed by atoms with van der Waals surface area (Å²) < 4.78 is 5.89. The SMILES string of the molecule is CC(=O)O[C@@H]1CC[C@]2(C)[C@H](CC[C@]3(C)[C@@H]2C(=O)C=C2[C@@H]4C[C@](C)(C(=O)Nc5cccc6ccccc56)CC[C@@]4(C)CC[C@]23C)C1(C)C. The Bertz CT molecular complexity index is 1680. The fraction of sp³-hybridized carbons (Fsp3) is 0.643. The fourth-order valence-electron chi connectivity index (χ4n) is 12.4. The van der Waals surface area contributed by atoms with Crippen molar-refractivity contribution in [2.24, 2.45) is 50.2 Å². The van der Waals surface area contributed by atoms with E-state index in [1.165, 1.54) is 12.5 Å². The van der Waals surface area contributed by atoms with Crippen LogP contribution in [0.15, 0.2) is 54.1 Å². The number of amides is 1. The highest BCUT2D eigenvalue weighted by Crippen LogP contribution is 2.75. The van der Waals surface area contributed by atoms with E-state index in [1.807, 2.05) is 24.3 Å². The highest BCUT2D eigenvalue weighted by molar-refractivity contribution is 6.04. The standard InChI is InChI=1S/C42H55NO4/c1-26(44)47-34-17-18-40(6)33(37(34,2)3)16-19-42(8)35(40)32(45)24-29-30-25-39(5,21-20-38(30,4)22-23-41(29,42)7)36(46)43-31-15-11-13-27-12-9-10-14-28(27)31/h9-15,24,30,33-35H,16-23,25H2,1-8H3,(H,43,46)/t30-,33+,34+,35+,38-,39+,40+,41+,42+/m0/s1. The van der Waals surface area contributed by atoms with Crippen LogP contribution in [-0.4, -0.2) is 23.8 Å². The first-order valence-electron chi connectivity index (χ1n) is 18.2. The second-order valence-corrected chi connectivity index (χ2v) is 18.2. The number of carbonyl (C=O) groups is 3. The van der Waals surface area contributed by atoms with Crippen LogP contribution in [0.4, 0.5) is 5.69 Å². The molecule has 4 fully saturated rings. The van der Waals surface area contributed by atoms with Crippen molar-refractivity contribution in [3.63, 3.8) is 0 Å². The van der Waals surface area contributed by atoms with Crippen molar-refractivity contribution in [1.82, 2.24) is 0 Å². The van der Waals surface area contributed by atoms with E-state index in [9.17, 15) is 14.4 Å². The van der Waals surface area contributed by atoms with Gasteiger partial charge in [0.1, 0.15) is 6.10 Å². The third kappa shape index (κ3) is 4.57. The Morgan fingerprint density at radius 2 is 1.53 bits per heavy atom. The molecule has 0 radical (unpaired) electrons. The molecule has 0 saturated heterocycles. The zero-order valence-corrected chi connectivity index (χ0v) is 29.9. The third-order valence-electron chi connectivity index (χ3n) is 15.4. The van der Waals surface area contributed by atoms with E-state index < -0.39 is 5.41 Å². The number of esters is 1. The first kappa shape index (κ1) is 32.6. The molecule has 47 heavy (non-hydrogen) atoms. The summed E-state index contributed by atoms with van der Waals surface area (Å²) >= 11 is 0. The van der Waals surface area contributed by atoms with E-state index >= 15 is 0 Å². The van der Waals surface area contributed by atoms with Gasteiger partial charge in [-0.25, -0.2) is 0 Å². The Balaban J connectivity index is 1.22. The molecule has 7 rings (SSSR count). The Morgan fingerprint density at radius 3 is 2.28 bits per heavy atom. The third-order valence-corrected chi connectivity index (χ3v) is 15.4. The second-order valence-electron chi connectivity index (χ2n) is 18.2. The molecule has 2 aromatic carbocycles. The van der Waals surface area contributed by atoms with E-state index in [2.05, 4.69) is 78.1 Å². The first-order valence-corrected chi connectivity index (χ1v) is 18.2. The van der Waals surface area contributed by atoms with Gasteiger partial charge in [0, 0.05) is 34.7 Å². The van der Waals surface area contributed by atoms with E-state index in [1.54, 1.807) is 0 Å². The number of nitrogens with one attached hydrogen (secondary N) is 1. The molecule has 0 spiro atoms. The number of rotatable bonds is 3. The van der Waals surface area contributed by atoms with Gasteiger partial charge < -0.3 is 10.1 Å². The number of ether oxygens (including phenoxy) is 1. The lowest BCUT2D eigenvalue weighted by Gasteiger charge is -2.70. The van der Waals surface area contributed by atoms with Gasteiger partial charge in [0.05, 0.1) is 0 Å². The minimum absolute atomic E-state index is 0.0611. The molecular formula is C42H55NO4. The van der Waals surface area contributed by atoms with Gasteiger partial charge in [-0.3, -0.25) is 14.4 Å². The average Bonchev–Trinajstić information content (AvgIpc) is 3.00. The summed E-state index contributed by atoms with van der Waals surface area (Å²) in [5.74, 6) is 0.617. The average molecular weight is 638 g/mol. The molecule has 5 aliphatic rings. The minimum atomic E-state index is -0.524. The summed E-state index contributed by atoms with van der Waals surface area (Å²) in [5.41, 5.74) is 1.13. The van der Waals surface area contributed by atoms with Crippen molar-refractivity contribution >= 4 is 34.1 Å². The highest BCUT2D eigenvalue weighted by Gasteiger charge is 2.70. The van der Waals surface area contributed by atoms with Crippen LogP contribution in [0.5, 0.6) is 0 Å². The van der Waals surface area contributed by atoms with E-state index in [0.717, 1.165) is 74.2 Å². The maximum absolute atomic E-state index is 14.8. The minimum Gasteiger partial charge on any atom is -0.462 e. The number of hydrogen-bond donors (Lipinski definition) is 1. The summed E-state index contributed by atoms with van der Waals surface area (Å²) in [4.78, 5) is 41.0. The molecule has 0 heterocycles. The maximum Gasteiger partial charge on any atom is 0.302 e. The molecular weight excluding hydrogens is 582 g/mol. The van der Waals surface area contributed by atoms with Crippen LogP contribution >= 0.6 is 0 Å². The van der Waals surface area contributed by atoms with Gasteiger partial charge in [0.15, 0.2) is 5.78 Å². The fourth-order valence-corrected chi connectivity index (χ4v) is 12.4. The molecule has 5 nitrogen and oxygen atoms in total. The number of ketones is 1. The molecule has 1 amide bonds. The van der Waals surface area contributed by atoms with Gasteiger partial charge in [-0.15, -0.1) is 0 Å². The second kappa shape index (κ2) is 10.5. The number of hydrogen-bond acceptors (Lipinski definition) is 4. The van der Waals surface area contributed by atoms with Crippen molar-refractivity contribution in [3.8, 4) is 0 Å². The summed E-state index contributed by atoms with van der Waals surface area (Å²) in [6.45, 7) is 17.9. The Kier molecular flexibility index (Phi) is 7.30. The lowest BCUT2D eigenvalue weighted by atomic mass is 9.33. The molecule has 0 bridgehead atoms. The number of fused-ring (bicyclic) bond motifs is 8. The first-order chi connectivity index (χ1) is 22.0. The molecule has 252 valence electrons. The van der Waals surface area contributed by atoms with Crippen LogP contribution in [0.1, 0.15) is 113 Å². The number of benzene rings is 2. The smallest absolute Gasteiger partial charge is 0.302 e. The van der Waals surface area contributed by atoms with E-state index in [-0.39, 0.29) is 56.9 Å². The molecule has 2 aromatic rings. The largest absolute Gasteiger partial charge is 0.462 e. The molecule has 4 saturated carbocycles. The molecule has 0 unspecified atom stereocenters. The van der Waals surface area contributed by atoms with E-state index in [0.29, 0.717) is 11.7 Å². The van der Waals surface area contributed by atoms with Crippen LogP contribution < -0.4 is 5.32 Å². The van der Waals surface area contributed by atoms with Crippen LogP contribution in [-0.2, 0) is 19.1 Å². The van der Waals surface area contributed by atoms with Crippen molar-refractivity contribution in [3.05, 3.63) is 54.1 Å². The summed E-state index contributed by atoms with van der Waals surface area (Å²) in [7, 11) is 0. The van der Waals surface area contributed by atoms with Gasteiger partial charge in [0.25, 0.3) is 0 Å². The van der Waals surface area contributed by atoms with Gasteiger partial charge in [0.2, 0.25) is 5.91 Å². The number of carbonyl (C=O) groups excluding carboxylic acids is 3. The zero-order valence-electron chi connectivity index (χ0n) is 29.9. The Hall–Kier alpha value is -2.95. The monoisotopic (exact) mass is 637 g/mol. The molecule has 0 aliphatic heterocycles. The van der Waals surface area contributed by atoms with Crippen LogP contribution in [0.2, 0.25) is 0 Å². The van der Waals surface area contributed by atoms with E-state index in [4.69, 9.17) is 4.74 Å². The number of anilines is 1. The normalized spacial score (nSPS) is 42.2. The van der Waals surface area contributed by atoms with Gasteiger partial charge in [-0.2, -0.15) is 0 Å². The lowest BCUT2D eigenvalue weighted by Crippen LogP contribution is -2.66. The summed E-state index contributed by atoms with van der Waals surface area (Å²) in [6, 6.07) is 14.3. The maximum atomic E-state index is 14.8. The number of allylic oxidation sites excluding steroid dienone is 2. The Labute approximate surface area is 281 Å². The van der Waals surface area contributed by atoms with Crippen LogP contribution in [0.3, 0.4) is 0 Å². The van der Waals surface area contributed by atoms with Crippen molar-refractivity contribution in [2.45, 2.75) is 119 Å². The molecule has 1 N–H and O–H groups in total. The highest BCUT2D eigenvalue weighted by atomic mass is 16.5. The van der Waals surface area contributed by atoms with Crippen molar-refractivity contribution in [2.75, 3.05) is 5.32 Å². The molecule has 9 atom stereocenters. The van der Waals surface area contributed by atoms with Crippen LogP contribution in [0, 0.1) is 50.2 Å². The predicted molar refractivity (Wildman–Crippen MR) is 188 cm³/mol. The molecule has 0 aromatic heterocycles. The van der Waals surface area contributed by atoms with Gasteiger partial charge in [-0.05, 0) is 109 Å². The zero-order chi connectivity index (χ0) is 33.8. The van der Waals surface area contributed by atoms with Crippen LogP contribution in [0.25, 0.3) is 10.8 Å². The van der Waals surface area contributed by atoms with Crippen molar-refractivity contribution in [1.29, 1.82) is 0 Å².